The highest BCUT2D eigenvalue weighted by Crippen LogP contribution is 2.34. The van der Waals surface area contributed by atoms with E-state index in [0.29, 0.717) is 5.02 Å². The molecule has 0 amide bonds. The van der Waals surface area contributed by atoms with Crippen LogP contribution in [0.5, 0.6) is 5.75 Å². The van der Waals surface area contributed by atoms with E-state index in [2.05, 4.69) is 10.2 Å². The number of halogens is 1. The first-order chi connectivity index (χ1) is 15.2. The molecule has 0 radical (unpaired) electrons. The van der Waals surface area contributed by atoms with E-state index in [1.54, 1.807) is 7.11 Å². The molecule has 3 aromatic rings. The van der Waals surface area contributed by atoms with Gasteiger partial charge in [0, 0.05) is 28.9 Å². The van der Waals surface area contributed by atoms with Crippen molar-refractivity contribution in [1.29, 1.82) is 0 Å². The van der Waals surface area contributed by atoms with Crippen LogP contribution in [0.2, 0.25) is 5.02 Å². The van der Waals surface area contributed by atoms with E-state index in [-0.39, 0.29) is 0 Å². The molecule has 0 spiro atoms. The summed E-state index contributed by atoms with van der Waals surface area (Å²) in [6.45, 7) is 5.40. The molecule has 0 saturated carbocycles. The van der Waals surface area contributed by atoms with Crippen LogP contribution in [0.25, 0.3) is 21.8 Å². The smallest absolute Gasteiger partial charge is 0.119 e. The van der Waals surface area contributed by atoms with Crippen LogP contribution in [0.1, 0.15) is 25.7 Å². The van der Waals surface area contributed by atoms with Gasteiger partial charge in [-0.05, 0) is 88.3 Å². The second-order valence-corrected chi connectivity index (χ2v) is 8.23. The molecule has 0 unspecified atom stereocenters. The molecule has 1 aromatic heterocycles. The van der Waals surface area contributed by atoms with Crippen molar-refractivity contribution in [3.05, 3.63) is 41.4 Å². The van der Waals surface area contributed by atoms with Crippen molar-refractivity contribution in [2.75, 3.05) is 51.7 Å². The summed E-state index contributed by atoms with van der Waals surface area (Å²) < 4.78 is 5.46. The predicted molar refractivity (Wildman–Crippen MR) is 132 cm³/mol. The molecule has 31 heavy (non-hydrogen) atoms. The van der Waals surface area contributed by atoms with Gasteiger partial charge in [0.25, 0.3) is 0 Å². The number of nitrogens with two attached hydrogens (primary N) is 2. The zero-order chi connectivity index (χ0) is 22.1. The maximum absolute atomic E-state index is 6.23. The molecule has 0 fully saturated rings. The molecular formula is C24H34ClN5O. The Morgan fingerprint density at radius 1 is 0.903 bits per heavy atom. The van der Waals surface area contributed by atoms with Crippen molar-refractivity contribution in [3.8, 4) is 5.75 Å². The van der Waals surface area contributed by atoms with Crippen molar-refractivity contribution in [2.24, 2.45) is 11.5 Å². The highest BCUT2D eigenvalue weighted by molar-refractivity contribution is 6.31. The van der Waals surface area contributed by atoms with Crippen LogP contribution in [0.3, 0.4) is 0 Å². The molecule has 2 aromatic carbocycles. The van der Waals surface area contributed by atoms with E-state index in [9.17, 15) is 0 Å². The second kappa shape index (κ2) is 12.1. The van der Waals surface area contributed by atoms with Crippen molar-refractivity contribution in [2.45, 2.75) is 25.7 Å². The maximum Gasteiger partial charge on any atom is 0.119 e. The Morgan fingerprint density at radius 2 is 1.65 bits per heavy atom. The predicted octanol–water partition coefficient (Wildman–Crippen LogP) is 4.24. The van der Waals surface area contributed by atoms with Gasteiger partial charge >= 0.3 is 0 Å². The SMILES string of the molecule is COc1ccc2nc3cc(Cl)ccc3c(NCCN(CCCCN)CCCCN)c2c1. The van der Waals surface area contributed by atoms with E-state index in [1.807, 2.05) is 36.4 Å². The molecule has 0 bridgehead atoms. The lowest BCUT2D eigenvalue weighted by atomic mass is 10.1. The monoisotopic (exact) mass is 443 g/mol. The third kappa shape index (κ3) is 6.43. The minimum Gasteiger partial charge on any atom is -0.497 e. The lowest BCUT2D eigenvalue weighted by Crippen LogP contribution is -2.31. The molecule has 0 aliphatic carbocycles. The number of unbranched alkanes of at least 4 members (excludes halogenated alkanes) is 2. The van der Waals surface area contributed by atoms with Gasteiger partial charge in [0.1, 0.15) is 5.75 Å². The van der Waals surface area contributed by atoms with Gasteiger partial charge < -0.3 is 26.4 Å². The van der Waals surface area contributed by atoms with Crippen LogP contribution < -0.4 is 21.5 Å². The first-order valence-corrected chi connectivity index (χ1v) is 11.5. The lowest BCUT2D eigenvalue weighted by Gasteiger charge is -2.23. The summed E-state index contributed by atoms with van der Waals surface area (Å²) in [6.07, 6.45) is 4.36. The molecule has 0 aliphatic rings. The van der Waals surface area contributed by atoms with Crippen molar-refractivity contribution < 1.29 is 4.74 Å². The van der Waals surface area contributed by atoms with Crippen molar-refractivity contribution in [3.63, 3.8) is 0 Å². The second-order valence-electron chi connectivity index (χ2n) is 7.79. The number of pyridine rings is 1. The van der Waals surface area contributed by atoms with Gasteiger partial charge in [-0.3, -0.25) is 0 Å². The number of rotatable bonds is 13. The zero-order valence-electron chi connectivity index (χ0n) is 18.4. The Morgan fingerprint density at radius 3 is 2.32 bits per heavy atom. The molecule has 0 atom stereocenters. The van der Waals surface area contributed by atoms with Crippen molar-refractivity contribution in [1.82, 2.24) is 9.88 Å². The summed E-state index contributed by atoms with van der Waals surface area (Å²) in [5.41, 5.74) is 14.2. The average Bonchev–Trinajstić information content (AvgIpc) is 2.78. The topological polar surface area (TPSA) is 89.4 Å². The number of ether oxygens (including phenoxy) is 1. The number of methoxy groups -OCH3 is 1. The third-order valence-corrected chi connectivity index (χ3v) is 5.76. The summed E-state index contributed by atoms with van der Waals surface area (Å²) in [5, 5.41) is 6.47. The number of aromatic nitrogens is 1. The average molecular weight is 444 g/mol. The first-order valence-electron chi connectivity index (χ1n) is 11.1. The quantitative estimate of drug-likeness (QED) is 0.270. The number of benzene rings is 2. The number of nitrogens with one attached hydrogen (secondary N) is 1. The van der Waals surface area contributed by atoms with E-state index in [0.717, 1.165) is 98.2 Å². The fourth-order valence-electron chi connectivity index (χ4n) is 3.85. The number of nitrogens with zero attached hydrogens (tertiary/aromatic N) is 2. The fraction of sp³-hybridized carbons (Fsp3) is 0.458. The normalized spacial score (nSPS) is 11.5. The van der Waals surface area contributed by atoms with E-state index < -0.39 is 0 Å². The first kappa shape index (κ1) is 23.5. The lowest BCUT2D eigenvalue weighted by molar-refractivity contribution is 0.273. The largest absolute Gasteiger partial charge is 0.497 e. The zero-order valence-corrected chi connectivity index (χ0v) is 19.1. The molecule has 168 valence electrons. The molecule has 0 saturated heterocycles. The summed E-state index contributed by atoms with van der Waals surface area (Å²) in [5.74, 6) is 0.816. The number of anilines is 1. The van der Waals surface area contributed by atoms with Gasteiger partial charge in [0.15, 0.2) is 0 Å². The Labute approximate surface area is 189 Å². The Hall–Kier alpha value is -2.12. The number of hydrogen-bond donors (Lipinski definition) is 3. The van der Waals surface area contributed by atoms with Crippen molar-refractivity contribution >= 4 is 39.1 Å². The molecule has 5 N–H and O–H groups in total. The molecular weight excluding hydrogens is 410 g/mol. The van der Waals surface area contributed by atoms with E-state index >= 15 is 0 Å². The number of hydrogen-bond acceptors (Lipinski definition) is 6. The van der Waals surface area contributed by atoms with Crippen LogP contribution in [0, 0.1) is 0 Å². The third-order valence-electron chi connectivity index (χ3n) is 5.53. The molecule has 1 heterocycles. The van der Waals surface area contributed by atoms with Gasteiger partial charge in [0.2, 0.25) is 0 Å². The molecule has 7 heteroatoms. The minimum absolute atomic E-state index is 0.685. The highest BCUT2D eigenvalue weighted by Gasteiger charge is 2.12. The van der Waals surface area contributed by atoms with Gasteiger partial charge in [-0.1, -0.05) is 11.6 Å². The van der Waals surface area contributed by atoms with E-state index in [4.69, 9.17) is 32.8 Å². The Balaban J connectivity index is 1.82. The highest BCUT2D eigenvalue weighted by atomic mass is 35.5. The van der Waals surface area contributed by atoms with Crippen LogP contribution in [0.4, 0.5) is 5.69 Å². The minimum atomic E-state index is 0.685. The molecule has 3 rings (SSSR count). The van der Waals surface area contributed by atoms with Gasteiger partial charge in [-0.25, -0.2) is 4.98 Å². The summed E-state index contributed by atoms with van der Waals surface area (Å²) in [7, 11) is 1.68. The van der Waals surface area contributed by atoms with Crippen LogP contribution in [-0.2, 0) is 0 Å². The van der Waals surface area contributed by atoms with Crippen LogP contribution in [0.15, 0.2) is 36.4 Å². The molecule has 0 aliphatic heterocycles. The Bertz CT molecular complexity index is 971. The van der Waals surface area contributed by atoms with E-state index in [1.165, 1.54) is 0 Å². The Kier molecular flexibility index (Phi) is 9.15. The summed E-state index contributed by atoms with van der Waals surface area (Å²) >= 11 is 6.23. The summed E-state index contributed by atoms with van der Waals surface area (Å²) in [6, 6.07) is 11.8. The van der Waals surface area contributed by atoms with Gasteiger partial charge in [-0.15, -0.1) is 0 Å². The standard InChI is InChI=1S/C24H34ClN5O/c1-31-19-7-9-22-21(17-19)24(20-8-6-18(25)16-23(20)29-22)28-12-15-30(13-4-2-10-26)14-5-3-11-27/h6-9,16-17H,2-5,10-15,26-27H2,1H3,(H,28,29). The van der Waals surface area contributed by atoms with Crippen LogP contribution in [-0.4, -0.2) is 56.3 Å². The molecule has 6 nitrogen and oxygen atoms in total. The number of fused-ring (bicyclic) bond motifs is 2. The maximum atomic E-state index is 6.23. The van der Waals surface area contributed by atoms with Gasteiger partial charge in [0.05, 0.1) is 23.8 Å². The van der Waals surface area contributed by atoms with Crippen LogP contribution >= 0.6 is 11.6 Å². The fourth-order valence-corrected chi connectivity index (χ4v) is 4.01. The summed E-state index contributed by atoms with van der Waals surface area (Å²) in [4.78, 5) is 7.30. The van der Waals surface area contributed by atoms with Gasteiger partial charge in [-0.2, -0.15) is 0 Å².